The van der Waals surface area contributed by atoms with E-state index in [1.807, 2.05) is 0 Å². The SMILES string of the molecule is Cc1ccc(Cl)c(NC(=O)c2cc(C(=O)O)on2)c1Cl. The number of rotatable bonds is 3. The van der Waals surface area contributed by atoms with E-state index < -0.39 is 17.6 Å². The molecule has 8 heteroatoms. The van der Waals surface area contributed by atoms with Crippen LogP contribution in [-0.2, 0) is 0 Å². The summed E-state index contributed by atoms with van der Waals surface area (Å²) in [7, 11) is 0. The highest BCUT2D eigenvalue weighted by atomic mass is 35.5. The zero-order valence-electron chi connectivity index (χ0n) is 10.1. The Labute approximate surface area is 123 Å². The fraction of sp³-hybridized carbons (Fsp3) is 0.0833. The number of hydrogen-bond donors (Lipinski definition) is 2. The van der Waals surface area contributed by atoms with Crippen molar-refractivity contribution in [1.29, 1.82) is 0 Å². The van der Waals surface area contributed by atoms with E-state index in [1.165, 1.54) is 0 Å². The maximum Gasteiger partial charge on any atom is 0.374 e. The summed E-state index contributed by atoms with van der Waals surface area (Å²) in [4.78, 5) is 22.6. The van der Waals surface area contributed by atoms with E-state index in [4.69, 9.17) is 28.3 Å². The number of carbonyl (C=O) groups is 2. The summed E-state index contributed by atoms with van der Waals surface area (Å²) in [5, 5.41) is 15.1. The third kappa shape index (κ3) is 2.76. The molecule has 1 amide bonds. The first-order valence-electron chi connectivity index (χ1n) is 5.36. The topological polar surface area (TPSA) is 92.4 Å². The van der Waals surface area contributed by atoms with Gasteiger partial charge in [-0.3, -0.25) is 4.79 Å². The van der Waals surface area contributed by atoms with Crippen LogP contribution in [0.2, 0.25) is 10.0 Å². The Bertz CT molecular complexity index is 697. The predicted molar refractivity (Wildman–Crippen MR) is 72.6 cm³/mol. The Kier molecular flexibility index (Phi) is 3.96. The number of amides is 1. The molecule has 0 fully saturated rings. The number of carboxylic acids is 1. The molecular formula is C12H8Cl2N2O4. The van der Waals surface area contributed by atoms with E-state index in [9.17, 15) is 9.59 Å². The molecule has 1 heterocycles. The van der Waals surface area contributed by atoms with Gasteiger partial charge in [0.25, 0.3) is 5.91 Å². The predicted octanol–water partition coefficient (Wildman–Crippen LogP) is 3.24. The molecule has 1 aromatic heterocycles. The largest absolute Gasteiger partial charge is 0.475 e. The Morgan fingerprint density at radius 2 is 2.05 bits per heavy atom. The summed E-state index contributed by atoms with van der Waals surface area (Å²) in [5.41, 5.74) is 0.784. The molecule has 6 nitrogen and oxygen atoms in total. The molecule has 0 spiro atoms. The summed E-state index contributed by atoms with van der Waals surface area (Å²) in [5.74, 6) is -2.42. The lowest BCUT2D eigenvalue weighted by atomic mass is 10.2. The number of nitrogens with one attached hydrogen (secondary N) is 1. The molecule has 2 N–H and O–H groups in total. The van der Waals surface area contributed by atoms with E-state index in [2.05, 4.69) is 15.0 Å². The second-order valence-electron chi connectivity index (χ2n) is 3.89. The molecule has 0 unspecified atom stereocenters. The zero-order chi connectivity index (χ0) is 14.9. The summed E-state index contributed by atoms with van der Waals surface area (Å²) < 4.78 is 4.49. The summed E-state index contributed by atoms with van der Waals surface area (Å²) >= 11 is 12.0. The number of nitrogens with zero attached hydrogens (tertiary/aromatic N) is 1. The van der Waals surface area contributed by atoms with Crippen molar-refractivity contribution in [2.75, 3.05) is 5.32 Å². The Balaban J connectivity index is 2.28. The molecule has 0 atom stereocenters. The lowest BCUT2D eigenvalue weighted by Gasteiger charge is -2.09. The third-order valence-electron chi connectivity index (χ3n) is 2.48. The van der Waals surface area contributed by atoms with Gasteiger partial charge in [-0.15, -0.1) is 0 Å². The molecule has 0 aliphatic carbocycles. The van der Waals surface area contributed by atoms with Crippen molar-refractivity contribution in [1.82, 2.24) is 5.16 Å². The van der Waals surface area contributed by atoms with Crippen LogP contribution in [0.25, 0.3) is 0 Å². The number of anilines is 1. The van der Waals surface area contributed by atoms with Gasteiger partial charge in [0.1, 0.15) is 0 Å². The van der Waals surface area contributed by atoms with E-state index in [1.54, 1.807) is 19.1 Å². The maximum absolute atomic E-state index is 11.9. The van der Waals surface area contributed by atoms with Crippen molar-refractivity contribution in [3.63, 3.8) is 0 Å². The summed E-state index contributed by atoms with van der Waals surface area (Å²) in [6.07, 6.45) is 0. The molecule has 0 radical (unpaired) electrons. The number of hydrogen-bond acceptors (Lipinski definition) is 4. The molecule has 104 valence electrons. The number of carbonyl (C=O) groups excluding carboxylic acids is 1. The van der Waals surface area contributed by atoms with Crippen LogP contribution in [0.3, 0.4) is 0 Å². The van der Waals surface area contributed by atoms with E-state index in [-0.39, 0.29) is 16.4 Å². The van der Waals surface area contributed by atoms with Gasteiger partial charge in [-0.25, -0.2) is 4.79 Å². The Morgan fingerprint density at radius 1 is 1.35 bits per heavy atom. The number of carboxylic acid groups (broad SMARTS) is 1. The summed E-state index contributed by atoms with van der Waals surface area (Å²) in [6, 6.07) is 4.30. The highest BCUT2D eigenvalue weighted by molar-refractivity contribution is 6.40. The van der Waals surface area contributed by atoms with Gasteiger partial charge in [0.2, 0.25) is 5.76 Å². The normalized spacial score (nSPS) is 10.3. The van der Waals surface area contributed by atoms with Crippen molar-refractivity contribution < 1.29 is 19.2 Å². The molecule has 0 saturated heterocycles. The van der Waals surface area contributed by atoms with Crippen molar-refractivity contribution in [3.05, 3.63) is 45.3 Å². The van der Waals surface area contributed by atoms with Crippen molar-refractivity contribution in [2.24, 2.45) is 0 Å². The van der Waals surface area contributed by atoms with Crippen LogP contribution in [0.15, 0.2) is 22.7 Å². The first-order chi connectivity index (χ1) is 9.40. The van der Waals surface area contributed by atoms with Crippen LogP contribution in [-0.4, -0.2) is 22.1 Å². The second-order valence-corrected chi connectivity index (χ2v) is 4.67. The van der Waals surface area contributed by atoms with Crippen LogP contribution >= 0.6 is 23.2 Å². The quantitative estimate of drug-likeness (QED) is 0.907. The fourth-order valence-electron chi connectivity index (χ4n) is 1.43. The van der Waals surface area contributed by atoms with Gasteiger partial charge in [0.15, 0.2) is 5.69 Å². The van der Waals surface area contributed by atoms with Crippen molar-refractivity contribution in [3.8, 4) is 0 Å². The highest BCUT2D eigenvalue weighted by Crippen LogP contribution is 2.33. The van der Waals surface area contributed by atoms with Gasteiger partial charge in [-0.2, -0.15) is 0 Å². The first-order valence-corrected chi connectivity index (χ1v) is 6.11. The number of aromatic carboxylic acids is 1. The molecule has 2 aromatic rings. The van der Waals surface area contributed by atoms with E-state index in [0.29, 0.717) is 5.02 Å². The number of benzene rings is 1. The van der Waals surface area contributed by atoms with Gasteiger partial charge >= 0.3 is 5.97 Å². The Morgan fingerprint density at radius 3 is 2.65 bits per heavy atom. The van der Waals surface area contributed by atoms with Gasteiger partial charge in [0, 0.05) is 6.07 Å². The molecule has 1 aromatic carbocycles. The minimum Gasteiger partial charge on any atom is -0.475 e. The molecule has 0 aliphatic heterocycles. The smallest absolute Gasteiger partial charge is 0.374 e. The maximum atomic E-state index is 11.9. The van der Waals surface area contributed by atoms with Gasteiger partial charge in [-0.05, 0) is 18.6 Å². The molecule has 0 saturated carbocycles. The Hall–Kier alpha value is -2.05. The second kappa shape index (κ2) is 5.52. The van der Waals surface area contributed by atoms with Crippen LogP contribution in [0, 0.1) is 6.92 Å². The molecule has 0 bridgehead atoms. The summed E-state index contributed by atoms with van der Waals surface area (Å²) in [6.45, 7) is 1.76. The lowest BCUT2D eigenvalue weighted by molar-refractivity contribution is 0.0651. The first kappa shape index (κ1) is 14.4. The van der Waals surface area contributed by atoms with Crippen LogP contribution < -0.4 is 5.32 Å². The van der Waals surface area contributed by atoms with Crippen molar-refractivity contribution in [2.45, 2.75) is 6.92 Å². The monoisotopic (exact) mass is 314 g/mol. The van der Waals surface area contributed by atoms with Crippen LogP contribution in [0.5, 0.6) is 0 Å². The number of aromatic nitrogens is 1. The molecule has 0 aliphatic rings. The standard InChI is InChI=1S/C12H8Cl2N2O4/c1-5-2-3-6(13)10(9(5)14)15-11(17)7-4-8(12(18)19)20-16-7/h2-4H,1H3,(H,15,17)(H,18,19). The van der Waals surface area contributed by atoms with Crippen LogP contribution in [0.1, 0.15) is 26.6 Å². The van der Waals surface area contributed by atoms with Gasteiger partial charge in [-0.1, -0.05) is 34.4 Å². The minimum absolute atomic E-state index is 0.184. The highest BCUT2D eigenvalue weighted by Gasteiger charge is 2.19. The van der Waals surface area contributed by atoms with Crippen molar-refractivity contribution >= 4 is 40.8 Å². The van der Waals surface area contributed by atoms with E-state index in [0.717, 1.165) is 11.6 Å². The average Bonchev–Trinajstić information content (AvgIpc) is 2.89. The molecule has 20 heavy (non-hydrogen) atoms. The fourth-order valence-corrected chi connectivity index (χ4v) is 1.90. The van der Waals surface area contributed by atoms with Gasteiger partial charge < -0.3 is 14.9 Å². The lowest BCUT2D eigenvalue weighted by Crippen LogP contribution is -2.13. The number of halogens is 2. The zero-order valence-corrected chi connectivity index (χ0v) is 11.6. The number of aryl methyl sites for hydroxylation is 1. The minimum atomic E-state index is -1.32. The average molecular weight is 315 g/mol. The molecular weight excluding hydrogens is 307 g/mol. The molecule has 2 rings (SSSR count). The van der Waals surface area contributed by atoms with Crippen LogP contribution in [0.4, 0.5) is 5.69 Å². The van der Waals surface area contributed by atoms with Gasteiger partial charge in [0.05, 0.1) is 15.7 Å². The van der Waals surface area contributed by atoms with E-state index >= 15 is 0 Å². The third-order valence-corrected chi connectivity index (χ3v) is 3.28.